The number of carboxylic acid groups (broad SMARTS) is 2. The standard InChI is InChI=1S/C7H6O2.C7H5O2.Fe/c2*8-7(9)6-4-2-1-3-5-6;/h1-5H,(H,8,9);2-5H,(H,8,9);/q;;+1/p-1. The molecule has 0 aliphatic carbocycles. The van der Waals surface area contributed by atoms with Gasteiger partial charge in [0.05, 0.1) is 5.97 Å². The van der Waals surface area contributed by atoms with Crippen molar-refractivity contribution in [3.8, 4) is 0 Å². The summed E-state index contributed by atoms with van der Waals surface area (Å²) in [7, 11) is 0. The van der Waals surface area contributed by atoms with Gasteiger partial charge in [0.25, 0.3) is 0 Å². The zero-order chi connectivity index (χ0) is 14.3. The van der Waals surface area contributed by atoms with E-state index in [1.54, 1.807) is 30.3 Å². The molecule has 0 heterocycles. The molecule has 2 aromatic carbocycles. The second-order valence-corrected chi connectivity index (χ2v) is 4.09. The first-order chi connectivity index (χ1) is 9.00. The van der Waals surface area contributed by atoms with Crippen LogP contribution in [-0.4, -0.2) is 17.0 Å². The van der Waals surface area contributed by atoms with Crippen LogP contribution in [0.2, 0.25) is 0 Å². The Morgan fingerprint density at radius 3 is 1.79 bits per heavy atom. The van der Waals surface area contributed by atoms with Crippen LogP contribution in [-0.2, 0) is 16.0 Å². The summed E-state index contributed by atoms with van der Waals surface area (Å²) in [6.07, 6.45) is 0. The summed E-state index contributed by atoms with van der Waals surface area (Å²) in [4.78, 5) is 20.4. The largest absolute Gasteiger partial charge is 0.545 e. The van der Waals surface area contributed by atoms with E-state index in [1.807, 2.05) is 0 Å². The Labute approximate surface area is 118 Å². The molecule has 0 unspecified atom stereocenters. The molecule has 2 rings (SSSR count). The summed E-state index contributed by atoms with van der Waals surface area (Å²) >= 11 is 3.63. The number of hydrogen-bond donors (Lipinski definition) is 1. The van der Waals surface area contributed by atoms with E-state index in [4.69, 9.17) is 5.11 Å². The Morgan fingerprint density at radius 1 is 0.895 bits per heavy atom. The third-order valence-corrected chi connectivity index (χ3v) is 2.46. The Bertz CT molecular complexity index is 549. The molecule has 0 saturated heterocycles. The summed E-state index contributed by atoms with van der Waals surface area (Å²) in [5.41, 5.74) is 0.518. The Balaban J connectivity index is 0.000000191. The van der Waals surface area contributed by atoms with Crippen molar-refractivity contribution in [1.82, 2.24) is 0 Å². The van der Waals surface area contributed by atoms with Gasteiger partial charge in [0, 0.05) is 0 Å². The van der Waals surface area contributed by atoms with Gasteiger partial charge in [0.2, 0.25) is 0 Å². The fourth-order valence-electron chi connectivity index (χ4n) is 1.16. The second-order valence-electron chi connectivity index (χ2n) is 3.45. The number of carbonyl (C=O) groups is 2. The van der Waals surface area contributed by atoms with Crippen LogP contribution in [0, 0.1) is 0 Å². The molecule has 0 radical (unpaired) electrons. The molecule has 5 heteroatoms. The number of carbonyl (C=O) groups excluding carboxylic acids is 1. The van der Waals surface area contributed by atoms with Crippen LogP contribution in [0.25, 0.3) is 0 Å². The molecule has 0 amide bonds. The van der Waals surface area contributed by atoms with Crippen LogP contribution in [0.1, 0.15) is 20.7 Å². The smallest absolute Gasteiger partial charge is 0.0715 e. The van der Waals surface area contributed by atoms with Crippen molar-refractivity contribution in [1.29, 1.82) is 0 Å². The van der Waals surface area contributed by atoms with Gasteiger partial charge in [-0.1, -0.05) is 30.3 Å². The number of aromatic carboxylic acids is 2. The number of carboxylic acids is 2. The number of hydrogen-bond acceptors (Lipinski definition) is 3. The molecule has 0 fully saturated rings. The van der Waals surface area contributed by atoms with E-state index in [1.165, 1.54) is 24.3 Å². The van der Waals surface area contributed by atoms with Crippen LogP contribution < -0.4 is 9.57 Å². The van der Waals surface area contributed by atoms with Gasteiger partial charge in [-0.3, -0.25) is 0 Å². The van der Waals surface area contributed by atoms with E-state index in [0.717, 1.165) is 4.46 Å². The summed E-state index contributed by atoms with van der Waals surface area (Å²) in [5, 5.41) is 18.5. The maximum Gasteiger partial charge on any atom is 0.0715 e. The predicted octanol–water partition coefficient (Wildman–Crippen LogP) is 0.607. The molecule has 0 saturated carbocycles. The van der Waals surface area contributed by atoms with Gasteiger partial charge in [-0.15, -0.1) is 0 Å². The van der Waals surface area contributed by atoms with E-state index in [2.05, 4.69) is 16.0 Å². The maximum atomic E-state index is 10.3. The molecule has 0 atom stereocenters. The van der Waals surface area contributed by atoms with E-state index in [9.17, 15) is 14.7 Å². The quantitative estimate of drug-likeness (QED) is 0.824. The van der Waals surface area contributed by atoms with Crippen molar-refractivity contribution in [3.63, 3.8) is 0 Å². The zero-order valence-corrected chi connectivity index (χ0v) is 10.8. The average molecular weight is 298 g/mol. The fraction of sp³-hybridized carbons (Fsp3) is 0. The fourth-order valence-corrected chi connectivity index (χ4v) is 1.35. The van der Waals surface area contributed by atoms with Crippen LogP contribution in [0.5, 0.6) is 0 Å². The van der Waals surface area contributed by atoms with Gasteiger partial charge < -0.3 is 9.90 Å². The molecule has 0 bridgehead atoms. The monoisotopic (exact) mass is 298 g/mol. The molecular formula is C14H10FeO4. The minimum atomic E-state index is -1.13. The third kappa shape index (κ3) is 5.38. The van der Waals surface area contributed by atoms with Crippen molar-refractivity contribution in [2.45, 2.75) is 0 Å². The van der Waals surface area contributed by atoms with Crippen LogP contribution in [0.3, 0.4) is 0 Å². The summed E-state index contributed by atoms with van der Waals surface area (Å²) in [5.74, 6) is -2.03. The summed E-state index contributed by atoms with van der Waals surface area (Å²) < 4.78 is 0.824. The first kappa shape index (κ1) is 15.0. The van der Waals surface area contributed by atoms with E-state index in [0.29, 0.717) is 5.56 Å². The van der Waals surface area contributed by atoms with Crippen molar-refractivity contribution >= 4 is 16.4 Å². The minimum absolute atomic E-state index is 0.220. The first-order valence-corrected chi connectivity index (χ1v) is 5.80. The Hall–Kier alpha value is -2.10. The number of rotatable bonds is 2. The van der Waals surface area contributed by atoms with Crippen molar-refractivity contribution in [2.24, 2.45) is 0 Å². The predicted molar refractivity (Wildman–Crippen MR) is 63.8 cm³/mol. The van der Waals surface area contributed by atoms with Gasteiger partial charge in [-0.2, -0.15) is 0 Å². The Morgan fingerprint density at radius 2 is 1.42 bits per heavy atom. The van der Waals surface area contributed by atoms with Gasteiger partial charge in [-0.05, 0) is 5.56 Å². The summed E-state index contributed by atoms with van der Waals surface area (Å²) in [6, 6.07) is 14.5. The van der Waals surface area contributed by atoms with Crippen molar-refractivity contribution < 1.29 is 35.8 Å². The normalized spacial score (nSPS) is 9.11. The molecular weight excluding hydrogens is 288 g/mol. The van der Waals surface area contributed by atoms with Crippen LogP contribution in [0.15, 0.2) is 54.6 Å². The molecule has 2 aromatic rings. The Kier molecular flexibility index (Phi) is 5.79. The van der Waals surface area contributed by atoms with Gasteiger partial charge in [-0.25, -0.2) is 0 Å². The molecule has 0 aliphatic rings. The van der Waals surface area contributed by atoms with E-state index < -0.39 is 11.9 Å². The zero-order valence-electron chi connectivity index (χ0n) is 9.72. The van der Waals surface area contributed by atoms with Crippen molar-refractivity contribution in [2.75, 3.05) is 0 Å². The SMILES string of the molecule is O=C(O)c1cc[c]([Fe+])cc1.O=C([O-])c1ccccc1. The van der Waals surface area contributed by atoms with Crippen LogP contribution >= 0.6 is 0 Å². The third-order valence-electron chi connectivity index (χ3n) is 2.09. The second kappa shape index (κ2) is 7.36. The molecule has 0 spiro atoms. The summed E-state index contributed by atoms with van der Waals surface area (Å²) in [6.45, 7) is 0. The molecule has 1 N–H and O–H groups in total. The minimum Gasteiger partial charge on any atom is -0.545 e. The number of benzene rings is 2. The van der Waals surface area contributed by atoms with E-state index >= 15 is 0 Å². The van der Waals surface area contributed by atoms with Gasteiger partial charge in [0.15, 0.2) is 0 Å². The molecule has 4 nitrogen and oxygen atoms in total. The topological polar surface area (TPSA) is 77.4 Å². The van der Waals surface area contributed by atoms with Gasteiger partial charge in [0.1, 0.15) is 0 Å². The van der Waals surface area contributed by atoms with Crippen molar-refractivity contribution in [3.05, 3.63) is 65.7 Å². The van der Waals surface area contributed by atoms with E-state index in [-0.39, 0.29) is 5.56 Å². The molecule has 98 valence electrons. The molecule has 0 aliphatic heterocycles. The maximum absolute atomic E-state index is 10.3. The van der Waals surface area contributed by atoms with Crippen LogP contribution in [0.4, 0.5) is 0 Å². The molecule has 0 aromatic heterocycles. The molecule has 19 heavy (non-hydrogen) atoms. The average Bonchev–Trinajstić information content (AvgIpc) is 2.41. The van der Waals surface area contributed by atoms with Gasteiger partial charge >= 0.3 is 66.2 Å². The first-order valence-electron chi connectivity index (χ1n) is 5.24.